The van der Waals surface area contributed by atoms with Crippen LogP contribution in [0.25, 0.3) is 0 Å². The molecule has 3 N–H and O–H groups in total. The van der Waals surface area contributed by atoms with Crippen LogP contribution in [0.4, 0.5) is 0 Å². The Labute approximate surface area is 148 Å². The van der Waals surface area contributed by atoms with Gasteiger partial charge in [0.25, 0.3) is 0 Å². The fourth-order valence-corrected chi connectivity index (χ4v) is 0.847. The molecule has 21 heavy (non-hydrogen) atoms. The largest absolute Gasteiger partial charge is 0.397 e. The molecule has 0 aliphatic heterocycles. The Balaban J connectivity index is -0.0000000711. The van der Waals surface area contributed by atoms with E-state index in [4.69, 9.17) is 15.3 Å². The molecule has 0 atom stereocenters. The van der Waals surface area contributed by atoms with Crippen molar-refractivity contribution >= 4 is 11.9 Å². The van der Waals surface area contributed by atoms with Gasteiger partial charge in [-0.05, 0) is 33.6 Å². The predicted octanol–water partition coefficient (Wildman–Crippen LogP) is 1.51. The summed E-state index contributed by atoms with van der Waals surface area (Å²) in [4.78, 5) is 21.3. The van der Waals surface area contributed by atoms with E-state index in [0.717, 1.165) is 12.8 Å². The summed E-state index contributed by atoms with van der Waals surface area (Å²) in [5, 5.41) is 22.7. The van der Waals surface area contributed by atoms with E-state index in [9.17, 15) is 9.59 Å². The van der Waals surface area contributed by atoms with Gasteiger partial charge in [0.05, 0.1) is 5.92 Å². The maximum atomic E-state index is 11.0. The summed E-state index contributed by atoms with van der Waals surface area (Å²) >= 11 is 0. The summed E-state index contributed by atoms with van der Waals surface area (Å²) in [6.07, 6.45) is 1.45. The van der Waals surface area contributed by atoms with Crippen molar-refractivity contribution in [3.05, 3.63) is 0 Å². The molecule has 0 saturated carbocycles. The number of hydrogen-bond acceptors (Lipinski definition) is 6. The van der Waals surface area contributed by atoms with Crippen LogP contribution in [0.15, 0.2) is 0 Å². The van der Waals surface area contributed by atoms with E-state index in [0.29, 0.717) is 0 Å². The van der Waals surface area contributed by atoms with E-state index in [2.05, 4.69) is 4.74 Å². The molecule has 0 amide bonds. The Morgan fingerprint density at radius 2 is 1.10 bits per heavy atom. The standard InChI is InChI=1S/C8H14O3.3C2H6O.Zr/c1-4-7(5-2)8(10)11-6(3)9;3*1-2-3;/h7H,4-5H2,1-3H3;3*3H,2H2,1H3;. The van der Waals surface area contributed by atoms with Gasteiger partial charge in [0.1, 0.15) is 0 Å². The minimum atomic E-state index is -0.526. The topological polar surface area (TPSA) is 104 Å². The first-order valence-corrected chi connectivity index (χ1v) is 6.91. The molecular weight excluding hydrogens is 355 g/mol. The zero-order valence-electron chi connectivity index (χ0n) is 14.2. The van der Waals surface area contributed by atoms with Crippen LogP contribution >= 0.6 is 0 Å². The molecule has 6 nitrogen and oxygen atoms in total. The predicted molar refractivity (Wildman–Crippen MR) is 79.1 cm³/mol. The average molecular weight is 388 g/mol. The fraction of sp³-hybridized carbons (Fsp3) is 0.857. The van der Waals surface area contributed by atoms with Crippen LogP contribution in [0.3, 0.4) is 0 Å². The molecule has 7 heteroatoms. The van der Waals surface area contributed by atoms with Gasteiger partial charge in [-0.15, -0.1) is 0 Å². The molecular formula is C14H32O6Zr. The van der Waals surface area contributed by atoms with E-state index in [1.165, 1.54) is 6.92 Å². The van der Waals surface area contributed by atoms with Crippen molar-refractivity contribution in [3.8, 4) is 0 Å². The molecule has 0 aromatic heterocycles. The third-order valence-electron chi connectivity index (χ3n) is 1.56. The second-order valence-corrected chi connectivity index (χ2v) is 3.37. The molecule has 0 bridgehead atoms. The summed E-state index contributed by atoms with van der Waals surface area (Å²) < 4.78 is 4.42. The summed E-state index contributed by atoms with van der Waals surface area (Å²) in [5.74, 6) is -1.05. The number of carbonyl (C=O) groups excluding carboxylic acids is 2. The summed E-state index contributed by atoms with van der Waals surface area (Å²) in [5.41, 5.74) is 0. The van der Waals surface area contributed by atoms with Gasteiger partial charge in [0.15, 0.2) is 0 Å². The molecule has 128 valence electrons. The number of carbonyl (C=O) groups is 2. The SMILES string of the molecule is CCC(CC)C(=O)OC(C)=O.CCO.CCO.CCO.[Zr]. The molecule has 0 aliphatic rings. The van der Waals surface area contributed by atoms with Crippen molar-refractivity contribution in [2.45, 2.75) is 54.4 Å². The molecule has 0 spiro atoms. The van der Waals surface area contributed by atoms with Gasteiger partial charge in [-0.2, -0.15) is 0 Å². The Bertz CT molecular complexity index is 191. The monoisotopic (exact) mass is 386 g/mol. The zero-order chi connectivity index (χ0) is 17.0. The van der Waals surface area contributed by atoms with Gasteiger partial charge < -0.3 is 20.1 Å². The average Bonchev–Trinajstić information content (AvgIpc) is 2.32. The minimum absolute atomic E-state index is 0. The maximum absolute atomic E-state index is 11.0. The number of esters is 2. The van der Waals surface area contributed by atoms with Gasteiger partial charge in [-0.3, -0.25) is 9.59 Å². The maximum Gasteiger partial charge on any atom is 0.316 e. The molecule has 0 aliphatic carbocycles. The molecule has 0 heterocycles. The van der Waals surface area contributed by atoms with Crippen molar-refractivity contribution in [2.24, 2.45) is 5.92 Å². The van der Waals surface area contributed by atoms with Crippen LogP contribution in [-0.4, -0.2) is 47.1 Å². The van der Waals surface area contributed by atoms with Crippen LogP contribution in [0.1, 0.15) is 54.4 Å². The Morgan fingerprint density at radius 1 is 0.857 bits per heavy atom. The second-order valence-electron chi connectivity index (χ2n) is 3.37. The fourth-order valence-electron chi connectivity index (χ4n) is 0.847. The van der Waals surface area contributed by atoms with Gasteiger partial charge in [-0.25, -0.2) is 0 Å². The van der Waals surface area contributed by atoms with Crippen molar-refractivity contribution in [1.29, 1.82) is 0 Å². The Morgan fingerprint density at radius 3 is 1.24 bits per heavy atom. The van der Waals surface area contributed by atoms with Gasteiger partial charge in [0.2, 0.25) is 0 Å². The van der Waals surface area contributed by atoms with Crippen LogP contribution in [0.2, 0.25) is 0 Å². The number of aliphatic hydroxyl groups excluding tert-OH is 3. The van der Waals surface area contributed by atoms with Crippen molar-refractivity contribution < 1.29 is 55.8 Å². The Kier molecular flexibility index (Phi) is 49.9. The zero-order valence-corrected chi connectivity index (χ0v) is 16.6. The molecule has 0 rings (SSSR count). The van der Waals surface area contributed by atoms with Gasteiger partial charge in [0, 0.05) is 52.9 Å². The van der Waals surface area contributed by atoms with Crippen LogP contribution in [0.5, 0.6) is 0 Å². The van der Waals surface area contributed by atoms with Crippen molar-refractivity contribution in [1.82, 2.24) is 0 Å². The number of aliphatic hydroxyl groups is 3. The first-order chi connectivity index (χ1) is 9.36. The minimum Gasteiger partial charge on any atom is -0.397 e. The van der Waals surface area contributed by atoms with Crippen LogP contribution < -0.4 is 0 Å². The van der Waals surface area contributed by atoms with E-state index < -0.39 is 11.9 Å². The quantitative estimate of drug-likeness (QED) is 0.501. The van der Waals surface area contributed by atoms with E-state index in [1.807, 2.05) is 13.8 Å². The summed E-state index contributed by atoms with van der Waals surface area (Å²) in [6, 6.07) is 0. The number of rotatable bonds is 3. The summed E-state index contributed by atoms with van der Waals surface area (Å²) in [6.45, 7) is 10.8. The molecule has 0 fully saturated rings. The third kappa shape index (κ3) is 45.0. The molecule has 0 radical (unpaired) electrons. The van der Waals surface area contributed by atoms with Gasteiger partial charge in [-0.1, -0.05) is 13.8 Å². The van der Waals surface area contributed by atoms with Crippen LogP contribution in [0, 0.1) is 5.92 Å². The second kappa shape index (κ2) is 32.0. The molecule has 0 aromatic rings. The molecule has 0 aromatic carbocycles. The number of hydrogen-bond donors (Lipinski definition) is 3. The summed E-state index contributed by atoms with van der Waals surface area (Å²) in [7, 11) is 0. The van der Waals surface area contributed by atoms with Gasteiger partial charge >= 0.3 is 11.9 Å². The normalized spacial score (nSPS) is 7.71. The van der Waals surface area contributed by atoms with E-state index >= 15 is 0 Å². The smallest absolute Gasteiger partial charge is 0.316 e. The van der Waals surface area contributed by atoms with Crippen molar-refractivity contribution in [2.75, 3.05) is 19.8 Å². The third-order valence-corrected chi connectivity index (χ3v) is 1.56. The van der Waals surface area contributed by atoms with E-state index in [1.54, 1.807) is 20.8 Å². The first kappa shape index (κ1) is 32.7. The van der Waals surface area contributed by atoms with Crippen molar-refractivity contribution in [3.63, 3.8) is 0 Å². The first-order valence-electron chi connectivity index (χ1n) is 6.91. The molecule has 0 saturated heterocycles. The number of ether oxygens (including phenoxy) is 1. The van der Waals surface area contributed by atoms with E-state index in [-0.39, 0.29) is 51.9 Å². The Hall–Kier alpha value is -0.0969. The van der Waals surface area contributed by atoms with Crippen LogP contribution in [-0.2, 0) is 40.5 Å². The molecule has 0 unspecified atom stereocenters.